The number of aryl methyl sites for hydroxylation is 1. The van der Waals surface area contributed by atoms with Crippen molar-refractivity contribution in [3.8, 4) is 0 Å². The molecule has 0 N–H and O–H groups in total. The summed E-state index contributed by atoms with van der Waals surface area (Å²) in [6.45, 7) is 2.86. The molecule has 1 aromatic carbocycles. The summed E-state index contributed by atoms with van der Waals surface area (Å²) in [6, 6.07) is 8.33. The summed E-state index contributed by atoms with van der Waals surface area (Å²) < 4.78 is 5.11. The molecule has 0 amide bonds. The van der Waals surface area contributed by atoms with Crippen molar-refractivity contribution < 1.29 is 4.74 Å². The van der Waals surface area contributed by atoms with Gasteiger partial charge in [-0.2, -0.15) is 0 Å². The highest BCUT2D eigenvalue weighted by Gasteiger charge is 2.31. The van der Waals surface area contributed by atoms with Crippen LogP contribution < -0.4 is 0 Å². The Balaban J connectivity index is 2.94. The van der Waals surface area contributed by atoms with Crippen molar-refractivity contribution in [1.82, 2.24) is 0 Å². The number of alkyl halides is 2. The maximum absolute atomic E-state index is 6.18. The number of hydrogen-bond acceptors (Lipinski definition) is 1. The van der Waals surface area contributed by atoms with Crippen molar-refractivity contribution in [1.29, 1.82) is 0 Å². The summed E-state index contributed by atoms with van der Waals surface area (Å²) >= 11 is 12.4. The van der Waals surface area contributed by atoms with Crippen molar-refractivity contribution in [2.75, 3.05) is 25.5 Å². The molecule has 0 spiro atoms. The van der Waals surface area contributed by atoms with Gasteiger partial charge in [0.15, 0.2) is 0 Å². The topological polar surface area (TPSA) is 9.23 Å². The summed E-state index contributed by atoms with van der Waals surface area (Å²) in [4.78, 5) is 0. The quantitative estimate of drug-likeness (QED) is 0.537. The Bertz CT molecular complexity index is 335. The molecule has 0 aromatic heterocycles. The zero-order chi connectivity index (χ0) is 12.7. The number of methoxy groups -OCH3 is 1. The van der Waals surface area contributed by atoms with Crippen LogP contribution in [0.3, 0.4) is 0 Å². The van der Waals surface area contributed by atoms with E-state index in [0.29, 0.717) is 11.8 Å². The van der Waals surface area contributed by atoms with Gasteiger partial charge in [0.25, 0.3) is 0 Å². The van der Waals surface area contributed by atoms with Crippen LogP contribution in [-0.4, -0.2) is 25.5 Å². The molecule has 17 heavy (non-hydrogen) atoms. The van der Waals surface area contributed by atoms with E-state index >= 15 is 0 Å². The number of hydrogen-bond donors (Lipinski definition) is 0. The third kappa shape index (κ3) is 3.61. The molecule has 0 saturated heterocycles. The molecule has 0 saturated carbocycles. The van der Waals surface area contributed by atoms with Gasteiger partial charge in [-0.3, -0.25) is 0 Å². The predicted molar refractivity (Wildman–Crippen MR) is 75.4 cm³/mol. The Kier molecular flexibility index (Phi) is 6.32. The Hall–Kier alpha value is -0.240. The highest BCUT2D eigenvalue weighted by atomic mass is 35.5. The van der Waals surface area contributed by atoms with Crippen molar-refractivity contribution >= 4 is 23.2 Å². The largest absolute Gasteiger partial charge is 0.385 e. The van der Waals surface area contributed by atoms with E-state index in [4.69, 9.17) is 27.9 Å². The molecule has 0 radical (unpaired) electrons. The third-order valence-corrected chi connectivity index (χ3v) is 4.25. The van der Waals surface area contributed by atoms with Crippen molar-refractivity contribution in [3.05, 3.63) is 35.4 Å². The highest BCUT2D eigenvalue weighted by Crippen LogP contribution is 2.34. The highest BCUT2D eigenvalue weighted by molar-refractivity contribution is 6.22. The average molecular weight is 275 g/mol. The van der Waals surface area contributed by atoms with Crippen LogP contribution in [0.2, 0.25) is 0 Å². The molecule has 0 aliphatic rings. The number of benzene rings is 1. The lowest BCUT2D eigenvalue weighted by Gasteiger charge is -2.31. The lowest BCUT2D eigenvalue weighted by molar-refractivity contribution is 0.186. The van der Waals surface area contributed by atoms with Crippen LogP contribution in [0.5, 0.6) is 0 Å². The summed E-state index contributed by atoms with van der Waals surface area (Å²) in [5.41, 5.74) is 2.39. The zero-order valence-corrected chi connectivity index (χ0v) is 12.0. The Morgan fingerprint density at radius 2 is 1.82 bits per heavy atom. The van der Waals surface area contributed by atoms with Gasteiger partial charge in [-0.25, -0.2) is 0 Å². The average Bonchev–Trinajstić information content (AvgIpc) is 2.36. The van der Waals surface area contributed by atoms with Gasteiger partial charge in [-0.15, -0.1) is 23.2 Å². The normalized spacial score (nSPS) is 11.8. The van der Waals surface area contributed by atoms with Gasteiger partial charge in [-0.05, 0) is 30.9 Å². The minimum Gasteiger partial charge on any atom is -0.385 e. The van der Waals surface area contributed by atoms with E-state index in [-0.39, 0.29) is 5.41 Å². The van der Waals surface area contributed by atoms with Gasteiger partial charge in [0.2, 0.25) is 0 Å². The Morgan fingerprint density at radius 1 is 1.18 bits per heavy atom. The molecular weight excluding hydrogens is 255 g/mol. The summed E-state index contributed by atoms with van der Waals surface area (Å²) in [5, 5.41) is 0. The second kappa shape index (κ2) is 7.25. The maximum Gasteiger partial charge on any atom is 0.0462 e. The monoisotopic (exact) mass is 274 g/mol. The van der Waals surface area contributed by atoms with Crippen LogP contribution in [0, 0.1) is 6.92 Å². The molecule has 0 heterocycles. The molecule has 0 bridgehead atoms. The van der Waals surface area contributed by atoms with Crippen LogP contribution in [-0.2, 0) is 10.2 Å². The van der Waals surface area contributed by atoms with Crippen LogP contribution in [0.15, 0.2) is 24.3 Å². The van der Waals surface area contributed by atoms with Crippen molar-refractivity contribution in [2.45, 2.75) is 25.2 Å². The number of halogens is 2. The van der Waals surface area contributed by atoms with Crippen LogP contribution in [0.1, 0.15) is 24.0 Å². The summed E-state index contributed by atoms with van der Waals surface area (Å²) in [7, 11) is 1.72. The molecule has 0 aliphatic heterocycles. The van der Waals surface area contributed by atoms with E-state index in [9.17, 15) is 0 Å². The first kappa shape index (κ1) is 14.8. The summed E-state index contributed by atoms with van der Waals surface area (Å²) in [5.74, 6) is 1.09. The van der Waals surface area contributed by atoms with E-state index in [2.05, 4.69) is 19.1 Å². The van der Waals surface area contributed by atoms with Crippen molar-refractivity contribution in [3.63, 3.8) is 0 Å². The molecule has 0 aliphatic carbocycles. The second-order valence-corrected chi connectivity index (χ2v) is 4.99. The molecule has 1 rings (SSSR count). The van der Waals surface area contributed by atoms with E-state index in [1.54, 1.807) is 7.11 Å². The molecule has 1 aromatic rings. The molecule has 3 heteroatoms. The first-order chi connectivity index (χ1) is 8.20. The van der Waals surface area contributed by atoms with Crippen molar-refractivity contribution in [2.24, 2.45) is 0 Å². The lowest BCUT2D eigenvalue weighted by Crippen LogP contribution is -2.32. The van der Waals surface area contributed by atoms with E-state index in [0.717, 1.165) is 19.4 Å². The molecule has 1 nitrogen and oxygen atoms in total. The first-order valence-electron chi connectivity index (χ1n) is 5.87. The van der Waals surface area contributed by atoms with Gasteiger partial charge in [0.05, 0.1) is 0 Å². The molecule has 0 fully saturated rings. The SMILES string of the molecule is COCCCC(CCl)(CCl)c1ccccc1C. The van der Waals surface area contributed by atoms with E-state index in [1.807, 2.05) is 12.1 Å². The predicted octanol–water partition coefficient (Wildman–Crippen LogP) is 4.14. The van der Waals surface area contributed by atoms with Crippen LogP contribution in [0.25, 0.3) is 0 Å². The number of ether oxygens (including phenoxy) is 1. The Labute approximate surface area is 114 Å². The van der Waals surface area contributed by atoms with E-state index in [1.165, 1.54) is 11.1 Å². The standard InChI is InChI=1S/C14H20Cl2O/c1-12-6-3-4-7-13(12)14(10-15,11-16)8-5-9-17-2/h3-4,6-7H,5,8-11H2,1-2H3. The maximum atomic E-state index is 6.18. The molecule has 0 unspecified atom stereocenters. The van der Waals surface area contributed by atoms with Gasteiger partial charge in [0.1, 0.15) is 0 Å². The van der Waals surface area contributed by atoms with Gasteiger partial charge >= 0.3 is 0 Å². The second-order valence-electron chi connectivity index (χ2n) is 4.46. The fourth-order valence-corrected chi connectivity index (χ4v) is 3.01. The van der Waals surface area contributed by atoms with Gasteiger partial charge in [0, 0.05) is 30.9 Å². The summed E-state index contributed by atoms with van der Waals surface area (Å²) in [6.07, 6.45) is 1.93. The van der Waals surface area contributed by atoms with Gasteiger partial charge < -0.3 is 4.74 Å². The minimum atomic E-state index is -0.132. The zero-order valence-electron chi connectivity index (χ0n) is 10.5. The molecular formula is C14H20Cl2O. The fraction of sp³-hybridized carbons (Fsp3) is 0.571. The fourth-order valence-electron chi connectivity index (χ4n) is 2.17. The van der Waals surface area contributed by atoms with E-state index < -0.39 is 0 Å². The van der Waals surface area contributed by atoms with Gasteiger partial charge in [-0.1, -0.05) is 24.3 Å². The Morgan fingerprint density at radius 3 is 2.35 bits per heavy atom. The third-order valence-electron chi connectivity index (χ3n) is 3.23. The van der Waals surface area contributed by atoms with Crippen LogP contribution in [0.4, 0.5) is 0 Å². The molecule has 0 atom stereocenters. The van der Waals surface area contributed by atoms with Crippen LogP contribution >= 0.6 is 23.2 Å². The smallest absolute Gasteiger partial charge is 0.0462 e. The first-order valence-corrected chi connectivity index (χ1v) is 6.94. The number of rotatable bonds is 7. The minimum absolute atomic E-state index is 0.132. The lowest BCUT2D eigenvalue weighted by atomic mass is 9.78. The molecule has 96 valence electrons.